The zero-order valence-electron chi connectivity index (χ0n) is 35.8. The number of amides is 1. The molecule has 0 fully saturated rings. The number of likely N-dealkylation sites (N-methyl/N-ethyl adjacent to an activating group) is 1. The number of quaternary nitrogens is 1. The van der Waals surface area contributed by atoms with Crippen molar-refractivity contribution in [3.05, 3.63) is 12.2 Å². The number of carbonyl (C=O) groups excluding carboxylic acids is 1. The summed E-state index contributed by atoms with van der Waals surface area (Å²) in [5, 5.41) is 13.3. The molecule has 3 unspecified atom stereocenters. The van der Waals surface area contributed by atoms with E-state index in [2.05, 4.69) is 12.2 Å². The first-order valence-electron chi connectivity index (χ1n) is 22.6. The Labute approximate surface area is 329 Å². The molecular formula is C44H90N2O6P+. The lowest BCUT2D eigenvalue weighted by Gasteiger charge is -2.25. The van der Waals surface area contributed by atoms with Gasteiger partial charge in [-0.25, -0.2) is 4.57 Å². The maximum atomic E-state index is 12.3. The molecule has 0 saturated heterocycles. The number of phosphoric acid groups is 1. The Balaban J connectivity index is 3.63. The van der Waals surface area contributed by atoms with Crippen LogP contribution < -0.4 is 5.32 Å². The van der Waals surface area contributed by atoms with Gasteiger partial charge in [-0.15, -0.1) is 0 Å². The van der Waals surface area contributed by atoms with Crippen molar-refractivity contribution in [3.8, 4) is 0 Å². The summed E-state index contributed by atoms with van der Waals surface area (Å²) >= 11 is 0. The van der Waals surface area contributed by atoms with Gasteiger partial charge in [0.05, 0.1) is 39.9 Å². The fraction of sp³-hybridized carbons (Fsp3) is 0.932. The van der Waals surface area contributed by atoms with Crippen molar-refractivity contribution < 1.29 is 32.9 Å². The predicted molar refractivity (Wildman–Crippen MR) is 226 cm³/mol. The standard InChI is InChI=1S/C44H89N2O6P/c1-6-8-9-10-11-12-13-14-15-16-17-18-19-20-21-22-23-24-25-26-27-28-29-30-31-32-33-34-35-36-37-38-43(47)42(45-44(48)7-2)41-52-53(49,50)51-40-39-46(3,4)5/h37-38,42-43,47H,6-36,39-41H2,1-5H3,(H-,45,48,49,50)/p+1/b38-37+. The van der Waals surface area contributed by atoms with E-state index in [1.54, 1.807) is 13.0 Å². The number of hydrogen-bond donors (Lipinski definition) is 3. The van der Waals surface area contributed by atoms with E-state index in [9.17, 15) is 19.4 Å². The van der Waals surface area contributed by atoms with Gasteiger partial charge in [-0.1, -0.05) is 206 Å². The molecule has 0 bridgehead atoms. The molecule has 3 N–H and O–H groups in total. The maximum absolute atomic E-state index is 12.3. The molecule has 8 nitrogen and oxygen atoms in total. The SMILES string of the molecule is CCCCCCCCCCCCCCCCCCCCCCCCCCCCCCC/C=C/C(O)C(COP(=O)(O)OCC[N+](C)(C)C)NC(=O)CC. The zero-order chi connectivity index (χ0) is 39.3. The fourth-order valence-corrected chi connectivity index (χ4v) is 7.39. The first kappa shape index (κ1) is 52.2. The Hall–Kier alpha value is -0.760. The summed E-state index contributed by atoms with van der Waals surface area (Å²) in [5.41, 5.74) is 0. The van der Waals surface area contributed by atoms with Crippen LogP contribution >= 0.6 is 7.82 Å². The number of nitrogens with zero attached hydrogens (tertiary/aromatic N) is 1. The zero-order valence-corrected chi connectivity index (χ0v) is 36.7. The van der Waals surface area contributed by atoms with E-state index in [4.69, 9.17) is 9.05 Å². The second-order valence-electron chi connectivity index (χ2n) is 16.7. The highest BCUT2D eigenvalue weighted by molar-refractivity contribution is 7.47. The highest BCUT2D eigenvalue weighted by atomic mass is 31.2. The van der Waals surface area contributed by atoms with Gasteiger partial charge in [-0.3, -0.25) is 13.8 Å². The van der Waals surface area contributed by atoms with Crippen LogP contribution in [0.4, 0.5) is 0 Å². The van der Waals surface area contributed by atoms with Gasteiger partial charge in [0, 0.05) is 6.42 Å². The number of hydrogen-bond acceptors (Lipinski definition) is 5. The van der Waals surface area contributed by atoms with Crippen molar-refractivity contribution >= 4 is 13.7 Å². The summed E-state index contributed by atoms with van der Waals surface area (Å²) in [6.07, 6.45) is 44.0. The molecule has 0 aromatic heterocycles. The van der Waals surface area contributed by atoms with E-state index in [1.807, 2.05) is 27.2 Å². The first-order chi connectivity index (χ1) is 25.5. The quantitative estimate of drug-likeness (QED) is 0.0247. The Bertz CT molecular complexity index is 880. The molecule has 53 heavy (non-hydrogen) atoms. The second kappa shape index (κ2) is 36.9. The lowest BCUT2D eigenvalue weighted by Crippen LogP contribution is -2.45. The van der Waals surface area contributed by atoms with E-state index in [0.29, 0.717) is 11.0 Å². The lowest BCUT2D eigenvalue weighted by atomic mass is 10.0. The molecule has 0 aliphatic rings. The number of carbonyl (C=O) groups is 1. The summed E-state index contributed by atoms with van der Waals surface area (Å²) in [4.78, 5) is 22.0. The fourth-order valence-electron chi connectivity index (χ4n) is 6.65. The largest absolute Gasteiger partial charge is 0.472 e. The second-order valence-corrected chi connectivity index (χ2v) is 18.2. The topological polar surface area (TPSA) is 105 Å². The van der Waals surface area contributed by atoms with Gasteiger partial charge < -0.3 is 19.8 Å². The molecule has 0 radical (unpaired) electrons. The van der Waals surface area contributed by atoms with Crippen LogP contribution in [0.25, 0.3) is 0 Å². The Morgan fingerprint density at radius 1 is 0.623 bits per heavy atom. The highest BCUT2D eigenvalue weighted by Gasteiger charge is 2.27. The maximum Gasteiger partial charge on any atom is 0.472 e. The lowest BCUT2D eigenvalue weighted by molar-refractivity contribution is -0.870. The van der Waals surface area contributed by atoms with Crippen LogP contribution in [0.15, 0.2) is 12.2 Å². The van der Waals surface area contributed by atoms with E-state index in [0.717, 1.165) is 19.3 Å². The third kappa shape index (κ3) is 39.3. The average molecular weight is 774 g/mol. The number of aliphatic hydroxyl groups excluding tert-OH is 1. The summed E-state index contributed by atoms with van der Waals surface area (Å²) in [7, 11) is 1.57. The molecule has 0 aliphatic heterocycles. The number of allylic oxidation sites excluding steroid dienone is 1. The van der Waals surface area contributed by atoms with Gasteiger partial charge in [-0.2, -0.15) is 0 Å². The van der Waals surface area contributed by atoms with Crippen molar-refractivity contribution in [3.63, 3.8) is 0 Å². The summed E-state index contributed by atoms with van der Waals surface area (Å²) < 4.78 is 23.0. The van der Waals surface area contributed by atoms with Crippen molar-refractivity contribution in [2.24, 2.45) is 0 Å². The van der Waals surface area contributed by atoms with Gasteiger partial charge in [0.2, 0.25) is 5.91 Å². The van der Waals surface area contributed by atoms with Crippen LogP contribution in [-0.4, -0.2) is 73.4 Å². The number of unbranched alkanes of at least 4 members (excludes halogenated alkanes) is 29. The van der Waals surface area contributed by atoms with Gasteiger partial charge in [0.15, 0.2) is 0 Å². The smallest absolute Gasteiger partial charge is 0.387 e. The van der Waals surface area contributed by atoms with Crippen LogP contribution in [0.2, 0.25) is 0 Å². The van der Waals surface area contributed by atoms with Crippen LogP contribution in [0.5, 0.6) is 0 Å². The molecule has 0 spiro atoms. The van der Waals surface area contributed by atoms with Crippen LogP contribution in [0.1, 0.15) is 213 Å². The first-order valence-corrected chi connectivity index (χ1v) is 24.1. The molecule has 9 heteroatoms. The third-order valence-electron chi connectivity index (χ3n) is 10.3. The molecule has 3 atom stereocenters. The minimum atomic E-state index is -4.30. The van der Waals surface area contributed by atoms with E-state index in [1.165, 1.54) is 173 Å². The van der Waals surface area contributed by atoms with Crippen molar-refractivity contribution in [1.82, 2.24) is 5.32 Å². The normalized spacial score (nSPS) is 14.5. The van der Waals surface area contributed by atoms with Crippen molar-refractivity contribution in [2.45, 2.75) is 225 Å². The summed E-state index contributed by atoms with van der Waals surface area (Å²) in [5.74, 6) is -0.263. The highest BCUT2D eigenvalue weighted by Crippen LogP contribution is 2.43. The summed E-state index contributed by atoms with van der Waals surface area (Å²) in [6, 6.07) is -0.838. The van der Waals surface area contributed by atoms with E-state index in [-0.39, 0.29) is 25.5 Å². The molecular weight excluding hydrogens is 683 g/mol. The Morgan fingerprint density at radius 3 is 1.32 bits per heavy atom. The molecule has 0 saturated carbocycles. The molecule has 0 aromatic carbocycles. The molecule has 316 valence electrons. The van der Waals surface area contributed by atoms with E-state index >= 15 is 0 Å². The van der Waals surface area contributed by atoms with Gasteiger partial charge in [0.1, 0.15) is 13.2 Å². The molecule has 0 aliphatic carbocycles. The predicted octanol–water partition coefficient (Wildman–Crippen LogP) is 12.4. The third-order valence-corrected chi connectivity index (χ3v) is 11.3. The minimum Gasteiger partial charge on any atom is -0.387 e. The molecule has 0 aromatic rings. The monoisotopic (exact) mass is 774 g/mol. The van der Waals surface area contributed by atoms with Crippen LogP contribution in [-0.2, 0) is 18.4 Å². The number of rotatable bonds is 41. The molecule has 0 heterocycles. The summed E-state index contributed by atoms with van der Waals surface area (Å²) in [6.45, 7) is 4.28. The minimum absolute atomic E-state index is 0.0609. The van der Waals surface area contributed by atoms with Crippen molar-refractivity contribution in [2.75, 3.05) is 40.9 Å². The van der Waals surface area contributed by atoms with Gasteiger partial charge in [-0.05, 0) is 12.8 Å². The average Bonchev–Trinajstić information content (AvgIpc) is 3.11. The van der Waals surface area contributed by atoms with E-state index < -0.39 is 20.0 Å². The Morgan fingerprint density at radius 2 is 0.981 bits per heavy atom. The van der Waals surface area contributed by atoms with Crippen LogP contribution in [0.3, 0.4) is 0 Å². The van der Waals surface area contributed by atoms with Crippen LogP contribution in [0, 0.1) is 0 Å². The van der Waals surface area contributed by atoms with Gasteiger partial charge in [0.25, 0.3) is 0 Å². The number of phosphoric ester groups is 1. The Kier molecular flexibility index (Phi) is 36.3. The van der Waals surface area contributed by atoms with Crippen molar-refractivity contribution in [1.29, 1.82) is 0 Å². The number of aliphatic hydroxyl groups is 1. The molecule has 1 amide bonds. The molecule has 0 rings (SSSR count). The van der Waals surface area contributed by atoms with Gasteiger partial charge >= 0.3 is 7.82 Å². The number of nitrogens with one attached hydrogen (secondary N) is 1.